The molecule has 1 atom stereocenters. The zero-order valence-corrected chi connectivity index (χ0v) is 21.8. The van der Waals surface area contributed by atoms with Crippen LogP contribution in [0.1, 0.15) is 42.0 Å². The maximum atomic E-state index is 13.6. The van der Waals surface area contributed by atoms with Crippen molar-refractivity contribution >= 4 is 23.6 Å². The van der Waals surface area contributed by atoms with Gasteiger partial charge in [-0.2, -0.15) is 0 Å². The van der Waals surface area contributed by atoms with Gasteiger partial charge in [0.15, 0.2) is 0 Å². The van der Waals surface area contributed by atoms with Gasteiger partial charge in [-0.1, -0.05) is 84.8 Å². The first-order valence-electron chi connectivity index (χ1n) is 12.3. The highest BCUT2D eigenvalue weighted by molar-refractivity contribution is 7.99. The fraction of sp³-hybridized carbons (Fsp3) is 0.333. The highest BCUT2D eigenvalue weighted by Gasteiger charge is 2.30. The van der Waals surface area contributed by atoms with Crippen molar-refractivity contribution < 1.29 is 9.59 Å². The molecule has 3 aromatic rings. The summed E-state index contributed by atoms with van der Waals surface area (Å²) in [5.74, 6) is 0.572. The van der Waals surface area contributed by atoms with Crippen molar-refractivity contribution in [2.75, 3.05) is 12.3 Å². The smallest absolute Gasteiger partial charge is 0.243 e. The molecule has 0 radical (unpaired) electrons. The first kappa shape index (κ1) is 26.6. The van der Waals surface area contributed by atoms with E-state index in [1.807, 2.05) is 62.4 Å². The van der Waals surface area contributed by atoms with E-state index in [2.05, 4.69) is 42.6 Å². The van der Waals surface area contributed by atoms with Gasteiger partial charge < -0.3 is 10.2 Å². The first-order chi connectivity index (χ1) is 17.0. The van der Waals surface area contributed by atoms with E-state index < -0.39 is 6.04 Å². The summed E-state index contributed by atoms with van der Waals surface area (Å²) in [6, 6.07) is 25.9. The highest BCUT2D eigenvalue weighted by atomic mass is 32.2. The molecule has 1 N–H and O–H groups in total. The minimum atomic E-state index is -0.568. The molecule has 0 aromatic heterocycles. The maximum absolute atomic E-state index is 13.6. The molecular formula is C30H36N2O2S. The summed E-state index contributed by atoms with van der Waals surface area (Å²) in [4.78, 5) is 29.9. The number of rotatable bonds is 12. The van der Waals surface area contributed by atoms with Crippen LogP contribution in [0.2, 0.25) is 0 Å². The second kappa shape index (κ2) is 13.7. The van der Waals surface area contributed by atoms with E-state index in [0.717, 1.165) is 28.0 Å². The number of nitrogens with zero attached hydrogens (tertiary/aromatic N) is 1. The van der Waals surface area contributed by atoms with Crippen molar-refractivity contribution in [2.24, 2.45) is 0 Å². The van der Waals surface area contributed by atoms with Gasteiger partial charge in [-0.3, -0.25) is 9.59 Å². The molecule has 4 nitrogen and oxygen atoms in total. The Kier molecular flexibility index (Phi) is 10.4. The minimum absolute atomic E-state index is 0.00121. The van der Waals surface area contributed by atoms with E-state index in [4.69, 9.17) is 0 Å². The molecule has 0 fully saturated rings. The summed E-state index contributed by atoms with van der Waals surface area (Å²) in [7, 11) is 0. The molecule has 0 aliphatic carbocycles. The third-order valence-electron chi connectivity index (χ3n) is 5.86. The lowest BCUT2D eigenvalue weighted by atomic mass is 10.0. The van der Waals surface area contributed by atoms with Crippen LogP contribution in [0.25, 0.3) is 0 Å². The lowest BCUT2D eigenvalue weighted by Gasteiger charge is -2.31. The highest BCUT2D eigenvalue weighted by Crippen LogP contribution is 2.21. The average molecular weight is 489 g/mol. The molecule has 3 rings (SSSR count). The van der Waals surface area contributed by atoms with Crippen LogP contribution in [0.15, 0.2) is 83.8 Å². The van der Waals surface area contributed by atoms with E-state index in [-0.39, 0.29) is 11.8 Å². The number of aryl methyl sites for hydroxylation is 2. The van der Waals surface area contributed by atoms with Crippen LogP contribution in [0.3, 0.4) is 0 Å². The Bertz CT molecular complexity index is 1080. The fourth-order valence-electron chi connectivity index (χ4n) is 3.96. The van der Waals surface area contributed by atoms with Gasteiger partial charge >= 0.3 is 0 Å². The number of hydrogen-bond acceptors (Lipinski definition) is 3. The van der Waals surface area contributed by atoms with E-state index in [1.165, 1.54) is 5.56 Å². The number of thioether (sulfide) groups is 1. The van der Waals surface area contributed by atoms with Gasteiger partial charge in [0.1, 0.15) is 6.04 Å². The molecule has 184 valence electrons. The van der Waals surface area contributed by atoms with Crippen LogP contribution in [0, 0.1) is 13.8 Å². The molecular weight excluding hydrogens is 452 g/mol. The van der Waals surface area contributed by atoms with E-state index in [1.54, 1.807) is 16.7 Å². The van der Waals surface area contributed by atoms with E-state index in [9.17, 15) is 9.59 Å². The van der Waals surface area contributed by atoms with Crippen molar-refractivity contribution in [2.45, 2.75) is 57.5 Å². The second-order valence-corrected chi connectivity index (χ2v) is 10.1. The third-order valence-corrected chi connectivity index (χ3v) is 6.88. The van der Waals surface area contributed by atoms with E-state index in [0.29, 0.717) is 31.7 Å². The van der Waals surface area contributed by atoms with Crippen LogP contribution < -0.4 is 5.32 Å². The molecule has 0 saturated heterocycles. The van der Waals surface area contributed by atoms with E-state index >= 15 is 0 Å². The zero-order chi connectivity index (χ0) is 25.0. The normalized spacial score (nSPS) is 11.6. The number of amides is 2. The number of hydrogen-bond donors (Lipinski definition) is 1. The summed E-state index contributed by atoms with van der Waals surface area (Å²) >= 11 is 1.67. The molecule has 5 heteroatoms. The molecule has 3 aromatic carbocycles. The average Bonchev–Trinajstić information content (AvgIpc) is 2.86. The van der Waals surface area contributed by atoms with Crippen molar-refractivity contribution in [1.29, 1.82) is 0 Å². The monoisotopic (exact) mass is 488 g/mol. The molecule has 0 heterocycles. The van der Waals surface area contributed by atoms with Crippen LogP contribution >= 0.6 is 11.8 Å². The molecule has 0 bridgehead atoms. The molecule has 1 unspecified atom stereocenters. The number of nitrogens with one attached hydrogen (secondary N) is 1. The summed E-state index contributed by atoms with van der Waals surface area (Å²) in [6.07, 6.45) is 1.71. The van der Waals surface area contributed by atoms with Crippen molar-refractivity contribution in [3.05, 3.63) is 101 Å². The molecule has 0 saturated carbocycles. The summed E-state index contributed by atoms with van der Waals surface area (Å²) in [5, 5.41) is 3.03. The Morgan fingerprint density at radius 1 is 0.886 bits per heavy atom. The molecule has 0 spiro atoms. The lowest BCUT2D eigenvalue weighted by Crippen LogP contribution is -2.50. The molecule has 0 aliphatic rings. The standard InChI is InChI=1S/C30H36N2O2S/c1-4-18-31-30(34)28(21-25-10-6-5-7-11-25)32(22-26-12-8-9-24(3)20-26)29(33)17-19-35-27-15-13-23(2)14-16-27/h5-16,20,28H,4,17-19,21-22H2,1-3H3,(H,31,34). The topological polar surface area (TPSA) is 49.4 Å². The predicted octanol–water partition coefficient (Wildman–Crippen LogP) is 5.95. The summed E-state index contributed by atoms with van der Waals surface area (Å²) in [6.45, 7) is 7.15. The van der Waals surface area contributed by atoms with Gasteiger partial charge in [-0.05, 0) is 43.5 Å². The Balaban J connectivity index is 1.82. The SMILES string of the molecule is CCCNC(=O)C(Cc1ccccc1)N(Cc1cccc(C)c1)C(=O)CCSc1ccc(C)cc1. The minimum Gasteiger partial charge on any atom is -0.354 e. The Labute approximate surface area is 214 Å². The largest absolute Gasteiger partial charge is 0.354 e. The molecule has 2 amide bonds. The van der Waals surface area contributed by atoms with Gasteiger partial charge in [0.05, 0.1) is 0 Å². The Morgan fingerprint density at radius 3 is 2.29 bits per heavy atom. The van der Waals surface area contributed by atoms with Crippen LogP contribution in [-0.2, 0) is 22.6 Å². The van der Waals surface area contributed by atoms with Crippen LogP contribution in [0.4, 0.5) is 0 Å². The summed E-state index contributed by atoms with van der Waals surface area (Å²) < 4.78 is 0. The second-order valence-electron chi connectivity index (χ2n) is 8.92. The van der Waals surface area contributed by atoms with Crippen LogP contribution in [-0.4, -0.2) is 35.1 Å². The quantitative estimate of drug-likeness (QED) is 0.320. The van der Waals surface area contributed by atoms with Crippen molar-refractivity contribution in [1.82, 2.24) is 10.2 Å². The Morgan fingerprint density at radius 2 is 1.60 bits per heavy atom. The van der Waals surface area contributed by atoms with Gasteiger partial charge in [0.25, 0.3) is 0 Å². The number of carbonyl (C=O) groups is 2. The molecule has 35 heavy (non-hydrogen) atoms. The lowest BCUT2D eigenvalue weighted by molar-refractivity contribution is -0.141. The number of benzene rings is 3. The maximum Gasteiger partial charge on any atom is 0.243 e. The van der Waals surface area contributed by atoms with Gasteiger partial charge in [-0.25, -0.2) is 0 Å². The van der Waals surface area contributed by atoms with Gasteiger partial charge in [-0.15, -0.1) is 11.8 Å². The number of carbonyl (C=O) groups excluding carboxylic acids is 2. The van der Waals surface area contributed by atoms with Gasteiger partial charge in [0.2, 0.25) is 11.8 Å². The third kappa shape index (κ3) is 8.59. The predicted molar refractivity (Wildman–Crippen MR) is 145 cm³/mol. The fourth-order valence-corrected chi connectivity index (χ4v) is 4.80. The Hall–Kier alpha value is -3.05. The van der Waals surface area contributed by atoms with Crippen molar-refractivity contribution in [3.8, 4) is 0 Å². The zero-order valence-electron chi connectivity index (χ0n) is 21.0. The first-order valence-corrected chi connectivity index (χ1v) is 13.3. The van der Waals surface area contributed by atoms with Crippen LogP contribution in [0.5, 0.6) is 0 Å². The molecule has 0 aliphatic heterocycles. The van der Waals surface area contributed by atoms with Gasteiger partial charge in [0, 0.05) is 36.6 Å². The van der Waals surface area contributed by atoms with Crippen molar-refractivity contribution in [3.63, 3.8) is 0 Å². The summed E-state index contributed by atoms with van der Waals surface area (Å²) in [5.41, 5.74) is 4.43.